The van der Waals surface area contributed by atoms with Crippen molar-refractivity contribution >= 4 is 17.7 Å². The van der Waals surface area contributed by atoms with Gasteiger partial charge in [0.15, 0.2) is 0 Å². The minimum Gasteiger partial charge on any atom is -0.496 e. The number of ether oxygens (including phenoxy) is 2. The lowest BCUT2D eigenvalue weighted by Gasteiger charge is -2.20. The van der Waals surface area contributed by atoms with Gasteiger partial charge in [0, 0.05) is 25.3 Å². The summed E-state index contributed by atoms with van der Waals surface area (Å²) in [5.41, 5.74) is 0.687. The van der Waals surface area contributed by atoms with Crippen molar-refractivity contribution in [2.24, 2.45) is 0 Å². The van der Waals surface area contributed by atoms with Crippen molar-refractivity contribution in [1.82, 2.24) is 4.90 Å². The molecule has 1 aromatic carbocycles. The van der Waals surface area contributed by atoms with E-state index in [0.717, 1.165) is 0 Å². The first-order chi connectivity index (χ1) is 10.1. The molecule has 0 spiro atoms. The summed E-state index contributed by atoms with van der Waals surface area (Å²) in [4.78, 5) is 25.2. The second kappa shape index (κ2) is 7.15. The molecule has 6 heteroatoms. The van der Waals surface area contributed by atoms with E-state index in [1.165, 1.54) is 4.90 Å². The number of nitrogens with zero attached hydrogens (tertiary/aromatic N) is 1. The van der Waals surface area contributed by atoms with E-state index in [4.69, 9.17) is 9.47 Å². The van der Waals surface area contributed by atoms with E-state index in [2.05, 4.69) is 5.32 Å². The maximum Gasteiger partial charge on any atom is 0.412 e. The topological polar surface area (TPSA) is 67.9 Å². The number of carbonyl (C=O) groups is 2. The lowest BCUT2D eigenvalue weighted by molar-refractivity contribution is -0.127. The molecule has 122 valence electrons. The lowest BCUT2D eigenvalue weighted by Crippen LogP contribution is -2.27. The van der Waals surface area contributed by atoms with Crippen LogP contribution in [0.2, 0.25) is 0 Å². The first kappa shape index (κ1) is 17.8. The molecular weight excluding hydrogens is 284 g/mol. The fourth-order valence-electron chi connectivity index (χ4n) is 1.74. The Hall–Kier alpha value is -2.24. The largest absolute Gasteiger partial charge is 0.496 e. The van der Waals surface area contributed by atoms with E-state index >= 15 is 0 Å². The molecule has 0 atom stereocenters. The molecular formula is C16H24N2O4. The van der Waals surface area contributed by atoms with Crippen LogP contribution in [-0.2, 0) is 16.0 Å². The molecule has 0 aliphatic heterocycles. The summed E-state index contributed by atoms with van der Waals surface area (Å²) in [7, 11) is 4.93. The third-order valence-corrected chi connectivity index (χ3v) is 2.77. The van der Waals surface area contributed by atoms with Crippen LogP contribution >= 0.6 is 0 Å². The van der Waals surface area contributed by atoms with Gasteiger partial charge in [-0.3, -0.25) is 10.1 Å². The Morgan fingerprint density at radius 3 is 2.36 bits per heavy atom. The summed E-state index contributed by atoms with van der Waals surface area (Å²) in [6, 6.07) is 5.13. The number of nitrogens with one attached hydrogen (secondary N) is 1. The van der Waals surface area contributed by atoms with E-state index in [-0.39, 0.29) is 12.3 Å². The Labute approximate surface area is 131 Å². The van der Waals surface area contributed by atoms with Crippen LogP contribution in [0.1, 0.15) is 26.3 Å². The molecule has 1 N–H and O–H groups in total. The molecule has 0 radical (unpaired) electrons. The number of benzene rings is 1. The summed E-state index contributed by atoms with van der Waals surface area (Å²) in [5.74, 6) is 0.553. The van der Waals surface area contributed by atoms with Crippen molar-refractivity contribution < 1.29 is 19.1 Å². The zero-order valence-electron chi connectivity index (χ0n) is 14.0. The third-order valence-electron chi connectivity index (χ3n) is 2.77. The zero-order valence-corrected chi connectivity index (χ0v) is 14.0. The minimum absolute atomic E-state index is 0.0484. The highest BCUT2D eigenvalue weighted by atomic mass is 16.6. The smallest absolute Gasteiger partial charge is 0.412 e. The zero-order chi connectivity index (χ0) is 16.9. The van der Waals surface area contributed by atoms with Crippen LogP contribution in [0.25, 0.3) is 0 Å². The van der Waals surface area contributed by atoms with E-state index < -0.39 is 11.7 Å². The predicted octanol–water partition coefficient (Wildman–Crippen LogP) is 2.67. The number of anilines is 1. The van der Waals surface area contributed by atoms with Gasteiger partial charge < -0.3 is 14.4 Å². The minimum atomic E-state index is -0.569. The summed E-state index contributed by atoms with van der Waals surface area (Å²) in [5, 5.41) is 2.65. The number of methoxy groups -OCH3 is 1. The highest BCUT2D eigenvalue weighted by Gasteiger charge is 2.17. The number of hydrogen-bond donors (Lipinski definition) is 1. The highest BCUT2D eigenvalue weighted by molar-refractivity contribution is 5.86. The summed E-state index contributed by atoms with van der Waals surface area (Å²) in [6.45, 7) is 5.38. The SMILES string of the molecule is COc1ccc(NC(=O)OC(C)(C)C)cc1CC(=O)N(C)C. The molecule has 0 saturated carbocycles. The van der Waals surface area contributed by atoms with Crippen LogP contribution in [-0.4, -0.2) is 43.7 Å². The monoisotopic (exact) mass is 308 g/mol. The van der Waals surface area contributed by atoms with Gasteiger partial charge in [-0.15, -0.1) is 0 Å². The Morgan fingerprint density at radius 2 is 1.86 bits per heavy atom. The lowest BCUT2D eigenvalue weighted by atomic mass is 10.1. The molecule has 1 rings (SSSR count). The second-order valence-corrected chi connectivity index (χ2v) is 6.12. The van der Waals surface area contributed by atoms with Gasteiger partial charge in [0.1, 0.15) is 11.4 Å². The van der Waals surface area contributed by atoms with Gasteiger partial charge in [-0.2, -0.15) is 0 Å². The van der Waals surface area contributed by atoms with Crippen molar-refractivity contribution in [3.63, 3.8) is 0 Å². The maximum atomic E-state index is 11.9. The maximum absolute atomic E-state index is 11.9. The molecule has 0 unspecified atom stereocenters. The average molecular weight is 308 g/mol. The molecule has 6 nitrogen and oxygen atoms in total. The Kier molecular flexibility index (Phi) is 5.79. The normalized spacial score (nSPS) is 10.8. The molecule has 22 heavy (non-hydrogen) atoms. The number of carbonyl (C=O) groups excluding carboxylic acids is 2. The van der Waals surface area contributed by atoms with Gasteiger partial charge in [0.05, 0.1) is 13.5 Å². The summed E-state index contributed by atoms with van der Waals surface area (Å²) < 4.78 is 10.5. The van der Waals surface area contributed by atoms with Gasteiger partial charge in [-0.25, -0.2) is 4.79 Å². The van der Waals surface area contributed by atoms with E-state index in [0.29, 0.717) is 17.0 Å². The van der Waals surface area contributed by atoms with Crippen LogP contribution in [0.4, 0.5) is 10.5 Å². The molecule has 0 saturated heterocycles. The number of likely N-dealkylation sites (N-methyl/N-ethyl adjacent to an activating group) is 1. The molecule has 0 aromatic heterocycles. The quantitative estimate of drug-likeness (QED) is 0.928. The Balaban J connectivity index is 2.90. The van der Waals surface area contributed by atoms with E-state index in [1.807, 2.05) is 0 Å². The standard InChI is InChI=1S/C16H24N2O4/c1-16(2,3)22-15(20)17-12-7-8-13(21-6)11(9-12)10-14(19)18(4)5/h7-9H,10H2,1-6H3,(H,17,20). The Bertz CT molecular complexity index is 548. The molecule has 0 heterocycles. The van der Waals surface area contributed by atoms with Gasteiger partial charge >= 0.3 is 6.09 Å². The fourth-order valence-corrected chi connectivity index (χ4v) is 1.74. The van der Waals surface area contributed by atoms with Gasteiger partial charge in [0.2, 0.25) is 5.91 Å². The summed E-state index contributed by atoms with van der Waals surface area (Å²) >= 11 is 0. The van der Waals surface area contributed by atoms with Crippen LogP contribution in [0.15, 0.2) is 18.2 Å². The van der Waals surface area contributed by atoms with Crippen LogP contribution in [0, 0.1) is 0 Å². The number of amides is 2. The van der Waals surface area contributed by atoms with Crippen molar-refractivity contribution in [3.8, 4) is 5.75 Å². The number of rotatable bonds is 4. The Morgan fingerprint density at radius 1 is 1.23 bits per heavy atom. The molecule has 0 aliphatic rings. The summed E-state index contributed by atoms with van der Waals surface area (Å²) in [6.07, 6.45) is -0.345. The van der Waals surface area contributed by atoms with Gasteiger partial charge in [-0.1, -0.05) is 0 Å². The predicted molar refractivity (Wildman–Crippen MR) is 85.2 cm³/mol. The first-order valence-electron chi connectivity index (χ1n) is 6.99. The van der Waals surface area contributed by atoms with Crippen molar-refractivity contribution in [2.45, 2.75) is 32.8 Å². The van der Waals surface area contributed by atoms with Crippen molar-refractivity contribution in [3.05, 3.63) is 23.8 Å². The van der Waals surface area contributed by atoms with Crippen LogP contribution in [0.5, 0.6) is 5.75 Å². The molecule has 0 bridgehead atoms. The number of hydrogen-bond acceptors (Lipinski definition) is 4. The fraction of sp³-hybridized carbons (Fsp3) is 0.500. The molecule has 0 aliphatic carbocycles. The first-order valence-corrected chi connectivity index (χ1v) is 6.99. The molecule has 2 amide bonds. The van der Waals surface area contributed by atoms with Gasteiger partial charge in [0.25, 0.3) is 0 Å². The van der Waals surface area contributed by atoms with E-state index in [9.17, 15) is 9.59 Å². The second-order valence-electron chi connectivity index (χ2n) is 6.12. The molecule has 1 aromatic rings. The van der Waals surface area contributed by atoms with Crippen LogP contribution in [0.3, 0.4) is 0 Å². The molecule has 0 fully saturated rings. The van der Waals surface area contributed by atoms with Crippen molar-refractivity contribution in [1.29, 1.82) is 0 Å². The van der Waals surface area contributed by atoms with Crippen molar-refractivity contribution in [2.75, 3.05) is 26.5 Å². The average Bonchev–Trinajstić information content (AvgIpc) is 2.36. The van der Waals surface area contributed by atoms with Gasteiger partial charge in [-0.05, 0) is 39.0 Å². The van der Waals surface area contributed by atoms with Crippen LogP contribution < -0.4 is 10.1 Å². The highest BCUT2D eigenvalue weighted by Crippen LogP contribution is 2.24. The van der Waals surface area contributed by atoms with E-state index in [1.54, 1.807) is 60.2 Å². The third kappa shape index (κ3) is 5.63.